The van der Waals surface area contributed by atoms with Gasteiger partial charge < -0.3 is 14.7 Å². The molecule has 0 unspecified atom stereocenters. The normalized spacial score (nSPS) is 15.2. The van der Waals surface area contributed by atoms with Gasteiger partial charge in [-0.05, 0) is 30.5 Å². The fourth-order valence-corrected chi connectivity index (χ4v) is 3.37. The van der Waals surface area contributed by atoms with Crippen LogP contribution in [0.15, 0.2) is 65.0 Å². The van der Waals surface area contributed by atoms with Crippen molar-refractivity contribution in [2.24, 2.45) is 0 Å². The van der Waals surface area contributed by atoms with Crippen LogP contribution in [0.2, 0.25) is 0 Å². The number of hydrogen-bond donors (Lipinski definition) is 2. The molecule has 0 radical (unpaired) electrons. The Balaban J connectivity index is 1.25. The quantitative estimate of drug-likeness (QED) is 0.672. The number of ether oxygens (including phenoxy) is 1. The van der Waals surface area contributed by atoms with Gasteiger partial charge in [0.1, 0.15) is 12.4 Å². The van der Waals surface area contributed by atoms with Crippen molar-refractivity contribution in [3.63, 3.8) is 0 Å². The molecule has 2 N–H and O–H groups in total. The molecular weight excluding hydrogens is 326 g/mol. The van der Waals surface area contributed by atoms with Gasteiger partial charge in [-0.25, -0.2) is 4.79 Å². The zero-order chi connectivity index (χ0) is 17.8. The molecule has 0 saturated carbocycles. The summed E-state index contributed by atoms with van der Waals surface area (Å²) in [5, 5.41) is 0. The monoisotopic (exact) mass is 349 g/mol. The van der Waals surface area contributed by atoms with E-state index in [1.807, 2.05) is 18.2 Å². The third-order valence-corrected chi connectivity index (χ3v) is 4.82. The minimum Gasteiger partial charge on any atom is -0.492 e. The lowest BCUT2D eigenvalue weighted by Crippen LogP contribution is -2.32. The minimum absolute atomic E-state index is 0.191. The molecule has 0 atom stereocenters. The fourth-order valence-electron chi connectivity index (χ4n) is 3.37. The van der Waals surface area contributed by atoms with Gasteiger partial charge in [0.2, 0.25) is 0 Å². The van der Waals surface area contributed by atoms with Crippen LogP contribution in [0.3, 0.4) is 0 Å². The van der Waals surface area contributed by atoms with Crippen molar-refractivity contribution in [1.82, 2.24) is 14.9 Å². The second-order valence-electron chi connectivity index (χ2n) is 6.71. The van der Waals surface area contributed by atoms with E-state index in [1.165, 1.54) is 11.1 Å². The molecule has 0 amide bonds. The number of H-pyrrole nitrogens is 2. The van der Waals surface area contributed by atoms with E-state index in [9.17, 15) is 4.79 Å². The molecule has 0 saturated heterocycles. The van der Waals surface area contributed by atoms with E-state index in [0.29, 0.717) is 6.61 Å². The molecule has 1 aliphatic heterocycles. The summed E-state index contributed by atoms with van der Waals surface area (Å²) in [6, 6.07) is 16.3. The first kappa shape index (κ1) is 16.7. The third-order valence-electron chi connectivity index (χ3n) is 4.82. The Morgan fingerprint density at radius 1 is 1.04 bits per heavy atom. The van der Waals surface area contributed by atoms with Crippen LogP contribution in [0.4, 0.5) is 0 Å². The van der Waals surface area contributed by atoms with Gasteiger partial charge in [-0.1, -0.05) is 42.0 Å². The smallest absolute Gasteiger partial charge is 0.323 e. The second-order valence-corrected chi connectivity index (χ2v) is 6.71. The van der Waals surface area contributed by atoms with Crippen molar-refractivity contribution < 1.29 is 4.74 Å². The molecular formula is C21H23N3O2. The average molecular weight is 349 g/mol. The van der Waals surface area contributed by atoms with Gasteiger partial charge in [0.15, 0.2) is 0 Å². The van der Waals surface area contributed by atoms with Crippen LogP contribution >= 0.6 is 0 Å². The number of rotatable bonds is 6. The first-order valence-electron chi connectivity index (χ1n) is 9.05. The van der Waals surface area contributed by atoms with E-state index in [2.05, 4.69) is 51.3 Å². The molecule has 5 heteroatoms. The highest BCUT2D eigenvalue weighted by molar-refractivity contribution is 5.75. The molecule has 0 aliphatic carbocycles. The molecule has 4 rings (SSSR count). The summed E-state index contributed by atoms with van der Waals surface area (Å²) in [7, 11) is 0. The highest BCUT2D eigenvalue weighted by Crippen LogP contribution is 2.18. The highest BCUT2D eigenvalue weighted by atomic mass is 16.5. The van der Waals surface area contributed by atoms with Crippen LogP contribution in [0.5, 0.6) is 5.75 Å². The third kappa shape index (κ3) is 4.06. The molecule has 2 heterocycles. The van der Waals surface area contributed by atoms with Gasteiger partial charge in [0, 0.05) is 25.7 Å². The van der Waals surface area contributed by atoms with Crippen LogP contribution in [0, 0.1) is 0 Å². The Bertz CT molecular complexity index is 956. The maximum Gasteiger partial charge on any atom is 0.323 e. The number of fused-ring (bicyclic) bond motifs is 1. The molecule has 26 heavy (non-hydrogen) atoms. The first-order chi connectivity index (χ1) is 12.8. The molecule has 3 aromatic rings. The Kier molecular flexibility index (Phi) is 4.88. The molecule has 0 spiro atoms. The standard InChI is InChI=1S/C21H23N3O2/c25-21-22-19-7-6-18(15-20(19)23-21)26-13-12-24-10-8-17(9-11-24)14-16-4-2-1-3-5-16/h1-8,15H,9-14H2,(H2,22,23,25). The van der Waals surface area contributed by atoms with E-state index in [1.54, 1.807) is 0 Å². The molecule has 0 bridgehead atoms. The average Bonchev–Trinajstić information content (AvgIpc) is 3.03. The van der Waals surface area contributed by atoms with Crippen molar-refractivity contribution in [3.8, 4) is 5.75 Å². The summed E-state index contributed by atoms with van der Waals surface area (Å²) in [5.74, 6) is 0.782. The Labute approximate surface area is 152 Å². The lowest BCUT2D eigenvalue weighted by molar-refractivity contribution is 0.218. The van der Waals surface area contributed by atoms with Gasteiger partial charge in [-0.3, -0.25) is 4.90 Å². The number of aromatic amines is 2. The summed E-state index contributed by atoms with van der Waals surface area (Å²) in [6.45, 7) is 3.60. The predicted octanol–water partition coefficient (Wildman–Crippen LogP) is 3.11. The first-order valence-corrected chi connectivity index (χ1v) is 9.05. The van der Waals surface area contributed by atoms with Gasteiger partial charge in [0.25, 0.3) is 0 Å². The molecule has 134 valence electrons. The van der Waals surface area contributed by atoms with Gasteiger partial charge in [-0.15, -0.1) is 0 Å². The summed E-state index contributed by atoms with van der Waals surface area (Å²) >= 11 is 0. The largest absolute Gasteiger partial charge is 0.492 e. The number of aromatic nitrogens is 2. The van der Waals surface area contributed by atoms with Crippen LogP contribution in [-0.4, -0.2) is 41.1 Å². The zero-order valence-corrected chi connectivity index (χ0v) is 14.7. The SMILES string of the molecule is O=c1[nH]c2ccc(OCCN3CC=C(Cc4ccccc4)CC3)cc2[nH]1. The maximum atomic E-state index is 11.3. The second kappa shape index (κ2) is 7.62. The number of benzene rings is 2. The van der Waals surface area contributed by atoms with E-state index < -0.39 is 0 Å². The van der Waals surface area contributed by atoms with Crippen LogP contribution < -0.4 is 10.4 Å². The zero-order valence-electron chi connectivity index (χ0n) is 14.7. The molecule has 2 aromatic carbocycles. The molecule has 1 aliphatic rings. The van der Waals surface area contributed by atoms with E-state index in [4.69, 9.17) is 4.74 Å². The van der Waals surface area contributed by atoms with Gasteiger partial charge in [0.05, 0.1) is 11.0 Å². The van der Waals surface area contributed by atoms with Crippen molar-refractivity contribution in [3.05, 3.63) is 76.2 Å². The predicted molar refractivity (Wildman–Crippen MR) is 104 cm³/mol. The van der Waals surface area contributed by atoms with Crippen molar-refractivity contribution in [2.45, 2.75) is 12.8 Å². The lowest BCUT2D eigenvalue weighted by atomic mass is 10.00. The highest BCUT2D eigenvalue weighted by Gasteiger charge is 2.12. The van der Waals surface area contributed by atoms with E-state index >= 15 is 0 Å². The van der Waals surface area contributed by atoms with Crippen molar-refractivity contribution in [1.29, 1.82) is 0 Å². The topological polar surface area (TPSA) is 61.1 Å². The molecule has 5 nitrogen and oxygen atoms in total. The summed E-state index contributed by atoms with van der Waals surface area (Å²) in [6.07, 6.45) is 4.53. The van der Waals surface area contributed by atoms with E-state index in [-0.39, 0.29) is 5.69 Å². The number of nitrogens with one attached hydrogen (secondary N) is 2. The maximum absolute atomic E-state index is 11.3. The Hall–Kier alpha value is -2.79. The Morgan fingerprint density at radius 2 is 1.88 bits per heavy atom. The minimum atomic E-state index is -0.191. The van der Waals surface area contributed by atoms with Crippen LogP contribution in [-0.2, 0) is 6.42 Å². The Morgan fingerprint density at radius 3 is 2.69 bits per heavy atom. The lowest BCUT2D eigenvalue weighted by Gasteiger charge is -2.26. The summed E-state index contributed by atoms with van der Waals surface area (Å²) < 4.78 is 5.85. The van der Waals surface area contributed by atoms with Crippen molar-refractivity contribution >= 4 is 11.0 Å². The fraction of sp³-hybridized carbons (Fsp3) is 0.286. The molecule has 1 aromatic heterocycles. The van der Waals surface area contributed by atoms with Crippen LogP contribution in [0.25, 0.3) is 11.0 Å². The van der Waals surface area contributed by atoms with Gasteiger partial charge in [-0.2, -0.15) is 0 Å². The van der Waals surface area contributed by atoms with Crippen molar-refractivity contribution in [2.75, 3.05) is 26.2 Å². The number of nitrogens with zero attached hydrogens (tertiary/aromatic N) is 1. The summed E-state index contributed by atoms with van der Waals surface area (Å²) in [5.41, 5.74) is 4.29. The molecule has 0 fully saturated rings. The van der Waals surface area contributed by atoms with E-state index in [0.717, 1.165) is 49.3 Å². The van der Waals surface area contributed by atoms with Gasteiger partial charge >= 0.3 is 5.69 Å². The van der Waals surface area contributed by atoms with Crippen LogP contribution in [0.1, 0.15) is 12.0 Å². The summed E-state index contributed by atoms with van der Waals surface area (Å²) in [4.78, 5) is 19.2. The number of imidazole rings is 1. The number of hydrogen-bond acceptors (Lipinski definition) is 3.